The number of amides is 3. The number of benzene rings is 1. The Kier molecular flexibility index (Phi) is 6.16. The molecule has 0 aliphatic carbocycles. The topological polar surface area (TPSA) is 95.7 Å². The highest BCUT2D eigenvalue weighted by molar-refractivity contribution is 8.13. The summed E-state index contributed by atoms with van der Waals surface area (Å²) in [6.45, 7) is 2.54. The Balaban J connectivity index is 1.59. The predicted molar refractivity (Wildman–Crippen MR) is 102 cm³/mol. The number of primary amides is 1. The van der Waals surface area contributed by atoms with Crippen LogP contribution in [0.1, 0.15) is 24.8 Å². The summed E-state index contributed by atoms with van der Waals surface area (Å²) in [6.07, 6.45) is 2.00. The summed E-state index contributed by atoms with van der Waals surface area (Å²) in [6, 6.07) is 7.36. The van der Waals surface area contributed by atoms with E-state index in [0.29, 0.717) is 19.6 Å². The zero-order valence-corrected chi connectivity index (χ0v) is 15.5. The molecule has 1 aromatic rings. The molecule has 7 nitrogen and oxygen atoms in total. The molecule has 2 saturated heterocycles. The van der Waals surface area contributed by atoms with E-state index in [2.05, 4.69) is 10.2 Å². The summed E-state index contributed by atoms with van der Waals surface area (Å²) in [5.74, 6) is 0.382. The van der Waals surface area contributed by atoms with Crippen molar-refractivity contribution in [1.29, 1.82) is 0 Å². The SMILES string of the molecule is NC(=O)C1CCCN1Cc1ccccc1NC(=O)CCN1CCSC1=O. The highest BCUT2D eigenvalue weighted by atomic mass is 32.2. The zero-order valence-electron chi connectivity index (χ0n) is 14.6. The van der Waals surface area contributed by atoms with Gasteiger partial charge in [-0.05, 0) is 31.0 Å². The molecule has 0 radical (unpaired) electrons. The lowest BCUT2D eigenvalue weighted by Gasteiger charge is -2.23. The standard InChI is InChI=1S/C18H24N4O3S/c19-17(24)15-6-3-8-22(15)12-13-4-1-2-5-14(13)20-16(23)7-9-21-10-11-26-18(21)25/h1-2,4-5,15H,3,6-12H2,(H2,19,24)(H,20,23). The Bertz CT molecular complexity index is 697. The number of nitrogens with one attached hydrogen (secondary N) is 1. The first kappa shape index (κ1) is 18.7. The van der Waals surface area contributed by atoms with E-state index in [1.165, 1.54) is 11.8 Å². The average Bonchev–Trinajstić information content (AvgIpc) is 3.23. The van der Waals surface area contributed by atoms with Crippen LogP contribution in [0, 0.1) is 0 Å². The number of hydrogen-bond acceptors (Lipinski definition) is 5. The molecule has 2 aliphatic rings. The van der Waals surface area contributed by atoms with Gasteiger partial charge < -0.3 is 16.0 Å². The Hall–Kier alpha value is -2.06. The number of anilines is 1. The van der Waals surface area contributed by atoms with Crippen LogP contribution in [-0.2, 0) is 16.1 Å². The first-order valence-electron chi connectivity index (χ1n) is 8.87. The zero-order chi connectivity index (χ0) is 18.5. The fourth-order valence-corrected chi connectivity index (χ4v) is 4.27. The fourth-order valence-electron chi connectivity index (χ4n) is 3.41. The van der Waals surface area contributed by atoms with Gasteiger partial charge in [0.1, 0.15) is 0 Å². The number of para-hydroxylation sites is 1. The molecule has 8 heteroatoms. The van der Waals surface area contributed by atoms with Gasteiger partial charge in [0.2, 0.25) is 11.8 Å². The largest absolute Gasteiger partial charge is 0.368 e. The lowest BCUT2D eigenvalue weighted by atomic mass is 10.1. The molecule has 0 spiro atoms. The molecule has 26 heavy (non-hydrogen) atoms. The third-order valence-electron chi connectivity index (χ3n) is 4.81. The van der Waals surface area contributed by atoms with Crippen LogP contribution in [0.2, 0.25) is 0 Å². The van der Waals surface area contributed by atoms with Crippen molar-refractivity contribution in [3.63, 3.8) is 0 Å². The van der Waals surface area contributed by atoms with Crippen LogP contribution in [-0.4, -0.2) is 58.3 Å². The van der Waals surface area contributed by atoms with Crippen LogP contribution >= 0.6 is 11.8 Å². The van der Waals surface area contributed by atoms with E-state index in [1.54, 1.807) is 4.90 Å². The molecule has 1 aromatic carbocycles. The Morgan fingerprint density at radius 2 is 2.08 bits per heavy atom. The van der Waals surface area contributed by atoms with Crippen LogP contribution in [0.25, 0.3) is 0 Å². The van der Waals surface area contributed by atoms with Gasteiger partial charge in [-0.1, -0.05) is 30.0 Å². The van der Waals surface area contributed by atoms with Gasteiger partial charge in [-0.3, -0.25) is 19.3 Å². The summed E-state index contributed by atoms with van der Waals surface area (Å²) >= 11 is 1.30. The van der Waals surface area contributed by atoms with Gasteiger partial charge in [-0.25, -0.2) is 0 Å². The van der Waals surface area contributed by atoms with E-state index in [0.717, 1.165) is 36.4 Å². The number of carbonyl (C=O) groups is 3. The van der Waals surface area contributed by atoms with E-state index >= 15 is 0 Å². The minimum atomic E-state index is -0.294. The van der Waals surface area contributed by atoms with Gasteiger partial charge in [0, 0.05) is 37.5 Å². The highest BCUT2D eigenvalue weighted by Crippen LogP contribution is 2.24. The van der Waals surface area contributed by atoms with Gasteiger partial charge in [0.15, 0.2) is 0 Å². The number of thioether (sulfide) groups is 1. The first-order valence-corrected chi connectivity index (χ1v) is 9.86. The minimum Gasteiger partial charge on any atom is -0.368 e. The second-order valence-corrected chi connectivity index (χ2v) is 7.63. The van der Waals surface area contributed by atoms with Gasteiger partial charge >= 0.3 is 0 Å². The van der Waals surface area contributed by atoms with Crippen molar-refractivity contribution in [2.75, 3.05) is 30.7 Å². The maximum absolute atomic E-state index is 12.3. The number of nitrogens with zero attached hydrogens (tertiary/aromatic N) is 2. The molecule has 3 amide bonds. The lowest BCUT2D eigenvalue weighted by Crippen LogP contribution is -2.39. The van der Waals surface area contributed by atoms with E-state index in [1.807, 2.05) is 24.3 Å². The van der Waals surface area contributed by atoms with Crippen molar-refractivity contribution >= 4 is 34.5 Å². The van der Waals surface area contributed by atoms with Crippen LogP contribution in [0.5, 0.6) is 0 Å². The summed E-state index contributed by atoms with van der Waals surface area (Å²) in [5, 5.41) is 2.99. The second kappa shape index (κ2) is 8.55. The number of likely N-dealkylation sites (tertiary alicyclic amines) is 1. The fraction of sp³-hybridized carbons (Fsp3) is 0.500. The third-order valence-corrected chi connectivity index (χ3v) is 5.70. The molecule has 2 aliphatic heterocycles. The quantitative estimate of drug-likeness (QED) is 0.754. The molecular formula is C18H24N4O3S. The number of nitrogens with two attached hydrogens (primary N) is 1. The smallest absolute Gasteiger partial charge is 0.281 e. The molecular weight excluding hydrogens is 352 g/mol. The maximum atomic E-state index is 12.3. The van der Waals surface area contributed by atoms with Gasteiger partial charge in [0.25, 0.3) is 5.24 Å². The second-order valence-electron chi connectivity index (χ2n) is 6.59. The van der Waals surface area contributed by atoms with Crippen LogP contribution in [0.4, 0.5) is 10.5 Å². The Labute approximate surface area is 157 Å². The maximum Gasteiger partial charge on any atom is 0.281 e. The molecule has 3 N–H and O–H groups in total. The number of carbonyl (C=O) groups excluding carboxylic acids is 3. The van der Waals surface area contributed by atoms with Gasteiger partial charge in [0.05, 0.1) is 6.04 Å². The molecule has 140 valence electrons. The average molecular weight is 376 g/mol. The molecule has 3 rings (SSSR count). The monoisotopic (exact) mass is 376 g/mol. The summed E-state index contributed by atoms with van der Waals surface area (Å²) in [4.78, 5) is 39.2. The van der Waals surface area contributed by atoms with Crippen molar-refractivity contribution in [3.8, 4) is 0 Å². The number of hydrogen-bond donors (Lipinski definition) is 2. The van der Waals surface area contributed by atoms with Crippen molar-refractivity contribution < 1.29 is 14.4 Å². The summed E-state index contributed by atoms with van der Waals surface area (Å²) < 4.78 is 0. The third kappa shape index (κ3) is 4.56. The van der Waals surface area contributed by atoms with Crippen molar-refractivity contribution in [2.24, 2.45) is 5.73 Å². The van der Waals surface area contributed by atoms with Gasteiger partial charge in [-0.2, -0.15) is 0 Å². The lowest BCUT2D eigenvalue weighted by molar-refractivity contribution is -0.122. The van der Waals surface area contributed by atoms with Gasteiger partial charge in [-0.15, -0.1) is 0 Å². The van der Waals surface area contributed by atoms with Crippen molar-refractivity contribution in [1.82, 2.24) is 9.80 Å². The van der Waals surface area contributed by atoms with E-state index in [-0.39, 0.29) is 29.5 Å². The Morgan fingerprint density at radius 3 is 2.81 bits per heavy atom. The molecule has 0 bridgehead atoms. The molecule has 2 heterocycles. The molecule has 1 unspecified atom stereocenters. The molecule has 1 atom stereocenters. The Morgan fingerprint density at radius 1 is 1.27 bits per heavy atom. The molecule has 0 aromatic heterocycles. The predicted octanol–water partition coefficient (Wildman–Crippen LogP) is 1.63. The van der Waals surface area contributed by atoms with E-state index in [9.17, 15) is 14.4 Å². The van der Waals surface area contributed by atoms with E-state index in [4.69, 9.17) is 5.73 Å². The highest BCUT2D eigenvalue weighted by Gasteiger charge is 2.29. The minimum absolute atomic E-state index is 0.0460. The summed E-state index contributed by atoms with van der Waals surface area (Å²) in [5.41, 5.74) is 7.19. The van der Waals surface area contributed by atoms with Crippen molar-refractivity contribution in [2.45, 2.75) is 31.8 Å². The van der Waals surface area contributed by atoms with Crippen LogP contribution in [0.3, 0.4) is 0 Å². The van der Waals surface area contributed by atoms with Crippen LogP contribution in [0.15, 0.2) is 24.3 Å². The van der Waals surface area contributed by atoms with Crippen molar-refractivity contribution in [3.05, 3.63) is 29.8 Å². The first-order chi connectivity index (χ1) is 12.5. The van der Waals surface area contributed by atoms with E-state index < -0.39 is 0 Å². The molecule has 2 fully saturated rings. The number of rotatable bonds is 7. The van der Waals surface area contributed by atoms with Crippen LogP contribution < -0.4 is 11.1 Å². The normalized spacial score (nSPS) is 20.5. The molecule has 0 saturated carbocycles. The summed E-state index contributed by atoms with van der Waals surface area (Å²) in [7, 11) is 0.